The molecule has 1 aliphatic carbocycles. The molecule has 0 unspecified atom stereocenters. The van der Waals surface area contributed by atoms with Crippen molar-refractivity contribution >= 4 is 23.2 Å². The van der Waals surface area contributed by atoms with Crippen LogP contribution in [0.2, 0.25) is 10.0 Å². The highest BCUT2D eigenvalue weighted by molar-refractivity contribution is 6.34. The van der Waals surface area contributed by atoms with E-state index in [-0.39, 0.29) is 0 Å². The van der Waals surface area contributed by atoms with Gasteiger partial charge < -0.3 is 0 Å². The maximum Gasteiger partial charge on any atom is 0.0423 e. The Hall–Kier alpha value is -0.200. The minimum Gasteiger partial charge on any atom is -0.0843 e. The second-order valence-corrected chi connectivity index (χ2v) is 3.85. The van der Waals surface area contributed by atoms with E-state index in [0.29, 0.717) is 0 Å². The molecule has 1 fully saturated rings. The van der Waals surface area contributed by atoms with Crippen LogP contribution < -0.4 is 0 Å². The van der Waals surface area contributed by atoms with E-state index in [1.165, 1.54) is 18.4 Å². The first-order chi connectivity index (χ1) is 5.25. The molecule has 1 aliphatic rings. The molecule has 2 heteroatoms. The van der Waals surface area contributed by atoms with Gasteiger partial charge in [0.05, 0.1) is 0 Å². The Bertz CT molecular complexity index is 257. The second kappa shape index (κ2) is 2.69. The summed E-state index contributed by atoms with van der Waals surface area (Å²) in [5.41, 5.74) is 1.29. The van der Waals surface area contributed by atoms with Crippen LogP contribution in [0.1, 0.15) is 24.3 Å². The van der Waals surface area contributed by atoms with Gasteiger partial charge in [-0.25, -0.2) is 0 Å². The molecule has 0 amide bonds. The minimum atomic E-state index is 0.728. The predicted molar refractivity (Wildman–Crippen MR) is 48.4 cm³/mol. The normalized spacial score (nSPS) is 16.9. The molecule has 0 N–H and O–H groups in total. The Balaban J connectivity index is 2.39. The van der Waals surface area contributed by atoms with Crippen molar-refractivity contribution < 1.29 is 0 Å². The third kappa shape index (κ3) is 1.69. The molecule has 58 valence electrons. The van der Waals surface area contributed by atoms with E-state index in [1.807, 2.05) is 12.1 Å². The molecule has 1 aromatic rings. The maximum atomic E-state index is 5.84. The van der Waals surface area contributed by atoms with E-state index in [2.05, 4.69) is 0 Å². The molecule has 0 saturated heterocycles. The summed E-state index contributed by atoms with van der Waals surface area (Å²) >= 11 is 11.7. The first-order valence-electron chi connectivity index (χ1n) is 3.72. The van der Waals surface area contributed by atoms with Crippen LogP contribution in [0.15, 0.2) is 18.2 Å². The fraction of sp³-hybridized carbons (Fsp3) is 0.333. The van der Waals surface area contributed by atoms with Gasteiger partial charge in [-0.1, -0.05) is 23.2 Å². The van der Waals surface area contributed by atoms with Gasteiger partial charge in [-0.05, 0) is 42.5 Å². The topological polar surface area (TPSA) is 0 Å². The highest BCUT2D eigenvalue weighted by Crippen LogP contribution is 2.41. The summed E-state index contributed by atoms with van der Waals surface area (Å²) in [5.74, 6) is 0.728. The van der Waals surface area contributed by atoms with Gasteiger partial charge in [-0.2, -0.15) is 0 Å². The lowest BCUT2D eigenvalue weighted by Crippen LogP contribution is -1.78. The van der Waals surface area contributed by atoms with E-state index in [9.17, 15) is 0 Å². The smallest absolute Gasteiger partial charge is 0.0423 e. The zero-order valence-corrected chi connectivity index (χ0v) is 7.49. The van der Waals surface area contributed by atoms with Gasteiger partial charge in [0.25, 0.3) is 0 Å². The number of benzene rings is 1. The molecule has 0 aliphatic heterocycles. The monoisotopic (exact) mass is 186 g/mol. The van der Waals surface area contributed by atoms with Crippen LogP contribution >= 0.6 is 23.2 Å². The number of hydrogen-bond donors (Lipinski definition) is 0. The summed E-state index contributed by atoms with van der Waals surface area (Å²) in [6, 6.07) is 5.78. The van der Waals surface area contributed by atoms with Gasteiger partial charge in [0.15, 0.2) is 0 Å². The summed E-state index contributed by atoms with van der Waals surface area (Å²) in [4.78, 5) is 0. The first-order valence-corrected chi connectivity index (χ1v) is 4.47. The van der Waals surface area contributed by atoms with Crippen molar-refractivity contribution in [1.29, 1.82) is 0 Å². The van der Waals surface area contributed by atoms with Gasteiger partial charge in [-0.15, -0.1) is 0 Å². The average molecular weight is 187 g/mol. The largest absolute Gasteiger partial charge is 0.0843 e. The predicted octanol–water partition coefficient (Wildman–Crippen LogP) is 3.87. The summed E-state index contributed by atoms with van der Waals surface area (Å²) in [7, 11) is 0. The average Bonchev–Trinajstić information content (AvgIpc) is 2.64. The number of rotatable bonds is 1. The SMILES string of the molecule is Clc1cc(Cl)cc(C2CC2)c1. The van der Waals surface area contributed by atoms with Crippen molar-refractivity contribution in [2.75, 3.05) is 0 Å². The lowest BCUT2D eigenvalue weighted by molar-refractivity contribution is 1.13. The molecule has 1 aromatic carbocycles. The lowest BCUT2D eigenvalue weighted by atomic mass is 10.1. The molecule has 0 bridgehead atoms. The van der Waals surface area contributed by atoms with Crippen LogP contribution in [-0.4, -0.2) is 0 Å². The van der Waals surface area contributed by atoms with Crippen LogP contribution in [0, 0.1) is 0 Å². The van der Waals surface area contributed by atoms with E-state index >= 15 is 0 Å². The van der Waals surface area contributed by atoms with Crippen molar-refractivity contribution in [3.05, 3.63) is 33.8 Å². The van der Waals surface area contributed by atoms with Crippen molar-refractivity contribution in [3.8, 4) is 0 Å². The minimum absolute atomic E-state index is 0.728. The van der Waals surface area contributed by atoms with Crippen LogP contribution in [0.3, 0.4) is 0 Å². The molecule has 0 radical (unpaired) electrons. The van der Waals surface area contributed by atoms with Gasteiger partial charge in [0, 0.05) is 10.0 Å². The summed E-state index contributed by atoms with van der Waals surface area (Å²) < 4.78 is 0. The van der Waals surface area contributed by atoms with Crippen LogP contribution in [0.5, 0.6) is 0 Å². The zero-order chi connectivity index (χ0) is 7.84. The Morgan fingerprint density at radius 1 is 1.00 bits per heavy atom. The fourth-order valence-corrected chi connectivity index (χ4v) is 1.77. The fourth-order valence-electron chi connectivity index (χ4n) is 1.23. The number of hydrogen-bond acceptors (Lipinski definition) is 0. The highest BCUT2D eigenvalue weighted by Gasteiger charge is 2.23. The van der Waals surface area contributed by atoms with Crippen molar-refractivity contribution in [2.45, 2.75) is 18.8 Å². The molecular weight excluding hydrogens is 179 g/mol. The van der Waals surface area contributed by atoms with Crippen molar-refractivity contribution in [1.82, 2.24) is 0 Å². The lowest BCUT2D eigenvalue weighted by Gasteiger charge is -1.99. The van der Waals surface area contributed by atoms with Crippen LogP contribution in [0.25, 0.3) is 0 Å². The van der Waals surface area contributed by atoms with Crippen molar-refractivity contribution in [3.63, 3.8) is 0 Å². The molecule has 2 rings (SSSR count). The van der Waals surface area contributed by atoms with Gasteiger partial charge in [0.2, 0.25) is 0 Å². The Morgan fingerprint density at radius 3 is 2.00 bits per heavy atom. The van der Waals surface area contributed by atoms with E-state index < -0.39 is 0 Å². The molecule has 0 heterocycles. The molecule has 0 spiro atoms. The van der Waals surface area contributed by atoms with Crippen LogP contribution in [-0.2, 0) is 0 Å². The maximum absolute atomic E-state index is 5.84. The van der Waals surface area contributed by atoms with E-state index in [4.69, 9.17) is 23.2 Å². The molecule has 0 atom stereocenters. The third-order valence-corrected chi connectivity index (χ3v) is 2.37. The van der Waals surface area contributed by atoms with E-state index in [1.54, 1.807) is 6.07 Å². The Labute approximate surface area is 76.1 Å². The van der Waals surface area contributed by atoms with Gasteiger partial charge >= 0.3 is 0 Å². The quantitative estimate of drug-likeness (QED) is 0.625. The Kier molecular flexibility index (Phi) is 1.82. The van der Waals surface area contributed by atoms with Crippen LogP contribution in [0.4, 0.5) is 0 Å². The Morgan fingerprint density at radius 2 is 1.55 bits per heavy atom. The first kappa shape index (κ1) is 7.45. The molecule has 1 saturated carbocycles. The van der Waals surface area contributed by atoms with Crippen molar-refractivity contribution in [2.24, 2.45) is 0 Å². The summed E-state index contributed by atoms with van der Waals surface area (Å²) in [6.07, 6.45) is 2.58. The highest BCUT2D eigenvalue weighted by atomic mass is 35.5. The summed E-state index contributed by atoms with van der Waals surface area (Å²) in [6.45, 7) is 0. The molecule has 0 nitrogen and oxygen atoms in total. The summed E-state index contributed by atoms with van der Waals surface area (Å²) in [5, 5.41) is 1.50. The van der Waals surface area contributed by atoms with Gasteiger partial charge in [0.1, 0.15) is 0 Å². The van der Waals surface area contributed by atoms with E-state index in [0.717, 1.165) is 16.0 Å². The molecular formula is C9H8Cl2. The third-order valence-electron chi connectivity index (χ3n) is 1.93. The number of halogens is 2. The second-order valence-electron chi connectivity index (χ2n) is 2.98. The van der Waals surface area contributed by atoms with Gasteiger partial charge in [-0.3, -0.25) is 0 Å². The molecule has 0 aromatic heterocycles. The molecule has 11 heavy (non-hydrogen) atoms. The zero-order valence-electron chi connectivity index (χ0n) is 5.98. The standard InChI is InChI=1S/C9H8Cl2/c10-8-3-7(6-1-2-6)4-9(11)5-8/h3-6H,1-2H2.